The fourth-order valence-corrected chi connectivity index (χ4v) is 4.61. The summed E-state index contributed by atoms with van der Waals surface area (Å²) >= 11 is 0. The van der Waals surface area contributed by atoms with Crippen LogP contribution in [0.4, 0.5) is 5.82 Å². The van der Waals surface area contributed by atoms with Crippen LogP contribution in [0.5, 0.6) is 0 Å². The minimum Gasteiger partial charge on any atom is -0.480 e. The molecule has 2 atom stereocenters. The molecule has 2 aromatic rings. The number of fused-ring (bicyclic) bond motifs is 1. The van der Waals surface area contributed by atoms with Gasteiger partial charge in [-0.1, -0.05) is 24.3 Å². The highest BCUT2D eigenvalue weighted by Gasteiger charge is 2.26. The molecule has 1 aromatic carbocycles. The van der Waals surface area contributed by atoms with Gasteiger partial charge in [-0.25, -0.2) is 9.78 Å². The maximum atomic E-state index is 12.3. The number of carbonyl (C=O) groups excluding carboxylic acids is 1. The lowest BCUT2D eigenvalue weighted by Gasteiger charge is -2.20. The summed E-state index contributed by atoms with van der Waals surface area (Å²) < 4.78 is 0. The Morgan fingerprint density at radius 2 is 2.06 bits per heavy atom. The van der Waals surface area contributed by atoms with Gasteiger partial charge < -0.3 is 20.6 Å². The standard InChI is InChI=1S/C25H32N4O3/c30-24(20-5-2-1-3-6-20)28-22(25(31)32)13-16-29-15-12-18(17-29)8-10-21-11-9-19-7-4-14-26-23(19)27-21/h1-3,5-6,9,11,18,22H,4,7-8,10,12-17H2,(H,26,27)(H,28,30)(H,31,32)/t18-,22+/m0/s1. The maximum Gasteiger partial charge on any atom is 0.326 e. The number of carbonyl (C=O) groups is 2. The Kier molecular flexibility index (Phi) is 7.37. The van der Waals surface area contributed by atoms with E-state index in [-0.39, 0.29) is 5.91 Å². The summed E-state index contributed by atoms with van der Waals surface area (Å²) in [6, 6.07) is 12.2. The SMILES string of the molecule is O=C(N[C@H](CCN1CC[C@H](CCc2ccc3c(n2)NCCC3)C1)C(=O)O)c1ccccc1. The predicted molar refractivity (Wildman–Crippen MR) is 124 cm³/mol. The van der Waals surface area contributed by atoms with Crippen molar-refractivity contribution in [1.29, 1.82) is 0 Å². The molecule has 2 aliphatic rings. The van der Waals surface area contributed by atoms with Crippen LogP contribution < -0.4 is 10.6 Å². The van der Waals surface area contributed by atoms with Crippen LogP contribution in [0.1, 0.15) is 47.3 Å². The van der Waals surface area contributed by atoms with Gasteiger partial charge in [-0.15, -0.1) is 0 Å². The maximum absolute atomic E-state index is 12.3. The first kappa shape index (κ1) is 22.3. The van der Waals surface area contributed by atoms with Gasteiger partial charge in [-0.2, -0.15) is 0 Å². The molecule has 0 saturated carbocycles. The Morgan fingerprint density at radius 3 is 2.88 bits per heavy atom. The summed E-state index contributed by atoms with van der Waals surface area (Å²) in [6.07, 6.45) is 5.87. The Labute approximate surface area is 189 Å². The Morgan fingerprint density at radius 1 is 1.22 bits per heavy atom. The molecule has 0 radical (unpaired) electrons. The van der Waals surface area contributed by atoms with E-state index in [1.54, 1.807) is 24.3 Å². The van der Waals surface area contributed by atoms with Crippen LogP contribution in [-0.2, 0) is 17.6 Å². The number of carboxylic acids is 1. The third kappa shape index (κ3) is 5.85. The van der Waals surface area contributed by atoms with E-state index >= 15 is 0 Å². The molecule has 1 saturated heterocycles. The summed E-state index contributed by atoms with van der Waals surface area (Å²) in [6.45, 7) is 3.62. The Bertz CT molecular complexity index is 934. The predicted octanol–water partition coefficient (Wildman–Crippen LogP) is 2.97. The van der Waals surface area contributed by atoms with E-state index in [0.29, 0.717) is 24.4 Å². The molecule has 7 nitrogen and oxygen atoms in total. The zero-order valence-corrected chi connectivity index (χ0v) is 18.4. The van der Waals surface area contributed by atoms with Crippen molar-refractivity contribution in [2.24, 2.45) is 5.92 Å². The molecule has 0 unspecified atom stereocenters. The van der Waals surface area contributed by atoms with Crippen LogP contribution in [-0.4, -0.2) is 59.1 Å². The monoisotopic (exact) mass is 436 g/mol. The van der Waals surface area contributed by atoms with Crippen LogP contribution in [0.3, 0.4) is 0 Å². The fourth-order valence-electron chi connectivity index (χ4n) is 4.61. The van der Waals surface area contributed by atoms with Crippen molar-refractivity contribution in [3.8, 4) is 0 Å². The highest BCUT2D eigenvalue weighted by atomic mass is 16.4. The number of carboxylic acid groups (broad SMARTS) is 1. The van der Waals surface area contributed by atoms with Gasteiger partial charge in [-0.05, 0) is 74.8 Å². The highest BCUT2D eigenvalue weighted by molar-refractivity contribution is 5.96. The molecule has 0 bridgehead atoms. The zero-order valence-electron chi connectivity index (χ0n) is 18.4. The Balaban J connectivity index is 1.22. The lowest BCUT2D eigenvalue weighted by molar-refractivity contribution is -0.139. The number of amides is 1. The molecule has 7 heteroatoms. The van der Waals surface area contributed by atoms with Gasteiger partial charge >= 0.3 is 5.97 Å². The van der Waals surface area contributed by atoms with Crippen molar-refractivity contribution in [3.05, 3.63) is 59.3 Å². The summed E-state index contributed by atoms with van der Waals surface area (Å²) in [4.78, 5) is 31.1. The van der Waals surface area contributed by atoms with Gasteiger partial charge in [0, 0.05) is 30.9 Å². The largest absolute Gasteiger partial charge is 0.480 e. The summed E-state index contributed by atoms with van der Waals surface area (Å²) in [5.74, 6) is 0.323. The second-order valence-electron chi connectivity index (χ2n) is 8.85. The number of likely N-dealkylation sites (tertiary alicyclic amines) is 1. The lowest BCUT2D eigenvalue weighted by atomic mass is 10.00. The minimum absolute atomic E-state index is 0.343. The molecule has 32 heavy (non-hydrogen) atoms. The molecule has 1 aromatic heterocycles. The van der Waals surface area contributed by atoms with E-state index in [1.807, 2.05) is 6.07 Å². The van der Waals surface area contributed by atoms with Gasteiger partial charge in [0.2, 0.25) is 0 Å². The van der Waals surface area contributed by atoms with Crippen molar-refractivity contribution >= 4 is 17.7 Å². The number of rotatable bonds is 9. The number of hydrogen-bond donors (Lipinski definition) is 3. The van der Waals surface area contributed by atoms with E-state index in [2.05, 4.69) is 27.7 Å². The molecule has 170 valence electrons. The number of pyridine rings is 1. The van der Waals surface area contributed by atoms with E-state index in [0.717, 1.165) is 56.8 Å². The second kappa shape index (κ2) is 10.6. The summed E-state index contributed by atoms with van der Waals surface area (Å²) in [7, 11) is 0. The van der Waals surface area contributed by atoms with Gasteiger partial charge in [0.05, 0.1) is 0 Å². The van der Waals surface area contributed by atoms with Crippen LogP contribution in [0.15, 0.2) is 42.5 Å². The van der Waals surface area contributed by atoms with Crippen LogP contribution in [0.25, 0.3) is 0 Å². The first-order valence-corrected chi connectivity index (χ1v) is 11.6. The van der Waals surface area contributed by atoms with Gasteiger partial charge in [0.1, 0.15) is 11.9 Å². The first-order valence-electron chi connectivity index (χ1n) is 11.6. The van der Waals surface area contributed by atoms with Crippen molar-refractivity contribution in [2.45, 2.75) is 44.6 Å². The fraction of sp³-hybridized carbons (Fsp3) is 0.480. The van der Waals surface area contributed by atoms with Crippen molar-refractivity contribution in [1.82, 2.24) is 15.2 Å². The van der Waals surface area contributed by atoms with Gasteiger partial charge in [0.15, 0.2) is 0 Å². The van der Waals surface area contributed by atoms with E-state index in [1.165, 1.54) is 12.0 Å². The first-order chi connectivity index (χ1) is 15.6. The molecular formula is C25H32N4O3. The number of aromatic nitrogens is 1. The molecule has 2 aliphatic heterocycles. The minimum atomic E-state index is -0.989. The molecular weight excluding hydrogens is 404 g/mol. The van der Waals surface area contributed by atoms with Gasteiger partial charge in [0.25, 0.3) is 5.91 Å². The molecule has 3 N–H and O–H groups in total. The summed E-state index contributed by atoms with van der Waals surface area (Å²) in [5, 5.41) is 15.6. The molecule has 3 heterocycles. The number of nitrogens with one attached hydrogen (secondary N) is 2. The van der Waals surface area contributed by atoms with Crippen LogP contribution in [0, 0.1) is 5.92 Å². The van der Waals surface area contributed by atoms with E-state index < -0.39 is 12.0 Å². The van der Waals surface area contributed by atoms with Crippen molar-refractivity contribution < 1.29 is 14.7 Å². The number of benzene rings is 1. The topological polar surface area (TPSA) is 94.6 Å². The molecule has 1 amide bonds. The number of anilines is 1. The number of aliphatic carboxylic acids is 1. The molecule has 0 spiro atoms. The van der Waals surface area contributed by atoms with Crippen LogP contribution in [0.2, 0.25) is 0 Å². The van der Waals surface area contributed by atoms with Gasteiger partial charge in [-0.3, -0.25) is 4.79 Å². The molecule has 4 rings (SSSR count). The molecule has 0 aliphatic carbocycles. The molecule has 1 fully saturated rings. The zero-order chi connectivity index (χ0) is 22.3. The van der Waals surface area contributed by atoms with Crippen molar-refractivity contribution in [3.63, 3.8) is 0 Å². The van der Waals surface area contributed by atoms with E-state index in [9.17, 15) is 14.7 Å². The average Bonchev–Trinajstić information content (AvgIpc) is 3.28. The third-order valence-corrected chi connectivity index (χ3v) is 6.50. The number of nitrogens with zero attached hydrogens (tertiary/aromatic N) is 2. The highest BCUT2D eigenvalue weighted by Crippen LogP contribution is 2.24. The Hall–Kier alpha value is -2.93. The lowest BCUT2D eigenvalue weighted by Crippen LogP contribution is -2.43. The number of hydrogen-bond acceptors (Lipinski definition) is 5. The number of aryl methyl sites for hydroxylation is 2. The normalized spacial score (nSPS) is 19.1. The third-order valence-electron chi connectivity index (χ3n) is 6.50. The van der Waals surface area contributed by atoms with Crippen LogP contribution >= 0.6 is 0 Å². The second-order valence-corrected chi connectivity index (χ2v) is 8.85. The van der Waals surface area contributed by atoms with Crippen molar-refractivity contribution in [2.75, 3.05) is 31.5 Å². The quantitative estimate of drug-likeness (QED) is 0.560. The van der Waals surface area contributed by atoms with E-state index in [4.69, 9.17) is 4.98 Å². The average molecular weight is 437 g/mol. The summed E-state index contributed by atoms with van der Waals surface area (Å²) in [5.41, 5.74) is 2.94. The smallest absolute Gasteiger partial charge is 0.326 e.